The lowest BCUT2D eigenvalue weighted by Crippen LogP contribution is -2.41. The zero-order valence-electron chi connectivity index (χ0n) is 13.5. The Morgan fingerprint density at radius 2 is 1.90 bits per heavy atom. The van der Waals surface area contributed by atoms with Crippen molar-refractivity contribution in [2.24, 2.45) is 0 Å². The maximum Gasteiger partial charge on any atom is 0.305 e. The molecular formula is C17H25NO3. The smallest absolute Gasteiger partial charge is 0.305 e. The van der Waals surface area contributed by atoms with E-state index >= 15 is 0 Å². The molecule has 1 aromatic rings. The summed E-state index contributed by atoms with van der Waals surface area (Å²) in [6.07, 6.45) is 0.675. The quantitative estimate of drug-likeness (QED) is 0.620. The number of ketones is 1. The fraction of sp³-hybridized carbons (Fsp3) is 0.529. The van der Waals surface area contributed by atoms with Gasteiger partial charge < -0.3 is 10.1 Å². The first-order valence-electron chi connectivity index (χ1n) is 7.29. The van der Waals surface area contributed by atoms with Gasteiger partial charge in [-0.25, -0.2) is 0 Å². The molecule has 1 rings (SSSR count). The van der Waals surface area contributed by atoms with Crippen LogP contribution in [0.15, 0.2) is 18.2 Å². The Morgan fingerprint density at radius 1 is 1.24 bits per heavy atom. The van der Waals surface area contributed by atoms with Crippen LogP contribution in [0, 0.1) is 13.8 Å². The highest BCUT2D eigenvalue weighted by Gasteiger charge is 2.23. The van der Waals surface area contributed by atoms with E-state index in [4.69, 9.17) is 0 Å². The highest BCUT2D eigenvalue weighted by Crippen LogP contribution is 2.15. The van der Waals surface area contributed by atoms with E-state index in [1.165, 1.54) is 7.11 Å². The maximum absolute atomic E-state index is 12.7. The topological polar surface area (TPSA) is 55.4 Å². The molecule has 4 nitrogen and oxygen atoms in total. The Kier molecular flexibility index (Phi) is 6.56. The molecule has 0 fully saturated rings. The van der Waals surface area contributed by atoms with Crippen LogP contribution in [0.25, 0.3) is 0 Å². The van der Waals surface area contributed by atoms with Crippen molar-refractivity contribution in [2.45, 2.75) is 52.6 Å². The Bertz CT molecular complexity index is 509. The monoisotopic (exact) mass is 291 g/mol. The van der Waals surface area contributed by atoms with Crippen LogP contribution in [-0.4, -0.2) is 30.9 Å². The van der Waals surface area contributed by atoms with Gasteiger partial charge in [0.15, 0.2) is 5.78 Å². The molecule has 0 bridgehead atoms. The first-order chi connectivity index (χ1) is 9.85. The molecular weight excluding hydrogens is 266 g/mol. The normalized spacial score (nSPS) is 12.3. The van der Waals surface area contributed by atoms with Gasteiger partial charge in [-0.15, -0.1) is 0 Å². The third-order valence-electron chi connectivity index (χ3n) is 3.36. The highest BCUT2D eigenvalue weighted by atomic mass is 16.5. The molecule has 0 aliphatic carbocycles. The van der Waals surface area contributed by atoms with Crippen molar-refractivity contribution in [3.05, 3.63) is 34.9 Å². The van der Waals surface area contributed by atoms with E-state index in [0.29, 0.717) is 12.0 Å². The Morgan fingerprint density at radius 3 is 2.43 bits per heavy atom. The van der Waals surface area contributed by atoms with Gasteiger partial charge in [-0.2, -0.15) is 0 Å². The minimum absolute atomic E-state index is 0.0325. The fourth-order valence-electron chi connectivity index (χ4n) is 2.33. The SMILES string of the molecule is COC(=O)CCC(NC(C)C)C(=O)c1ccc(C)cc1C. The summed E-state index contributed by atoms with van der Waals surface area (Å²) in [5.74, 6) is -0.260. The third-order valence-corrected chi connectivity index (χ3v) is 3.36. The molecule has 0 aliphatic heterocycles. The minimum Gasteiger partial charge on any atom is -0.469 e. The maximum atomic E-state index is 12.7. The molecule has 1 N–H and O–H groups in total. The molecule has 0 heterocycles. The Balaban J connectivity index is 2.90. The lowest BCUT2D eigenvalue weighted by Gasteiger charge is -2.21. The standard InChI is InChI=1S/C17H25NO3/c1-11(2)18-15(8-9-16(19)21-5)17(20)14-7-6-12(3)10-13(14)4/h6-7,10-11,15,18H,8-9H2,1-5H3. The first-order valence-corrected chi connectivity index (χ1v) is 7.29. The summed E-state index contributed by atoms with van der Waals surface area (Å²) in [4.78, 5) is 24.0. The molecule has 0 saturated carbocycles. The number of hydrogen-bond acceptors (Lipinski definition) is 4. The number of aryl methyl sites for hydroxylation is 2. The molecule has 0 aromatic heterocycles. The molecule has 116 valence electrons. The molecule has 0 aliphatic rings. The summed E-state index contributed by atoms with van der Waals surface area (Å²) in [5.41, 5.74) is 2.81. The third kappa shape index (κ3) is 5.31. The van der Waals surface area contributed by atoms with Gasteiger partial charge in [-0.1, -0.05) is 37.6 Å². The van der Waals surface area contributed by atoms with Gasteiger partial charge in [0.1, 0.15) is 0 Å². The largest absolute Gasteiger partial charge is 0.469 e. The lowest BCUT2D eigenvalue weighted by molar-refractivity contribution is -0.140. The molecule has 0 amide bonds. The molecule has 0 radical (unpaired) electrons. The second-order valence-electron chi connectivity index (χ2n) is 5.67. The van der Waals surface area contributed by atoms with Gasteiger partial charge in [0.25, 0.3) is 0 Å². The Hall–Kier alpha value is -1.68. The van der Waals surface area contributed by atoms with Gasteiger partial charge in [-0.05, 0) is 25.8 Å². The van der Waals surface area contributed by atoms with Gasteiger partial charge in [0.2, 0.25) is 0 Å². The second-order valence-corrected chi connectivity index (χ2v) is 5.67. The van der Waals surface area contributed by atoms with Crippen LogP contribution in [0.4, 0.5) is 0 Å². The molecule has 0 saturated heterocycles. The van der Waals surface area contributed by atoms with Crippen LogP contribution in [0.5, 0.6) is 0 Å². The van der Waals surface area contributed by atoms with Crippen molar-refractivity contribution in [1.29, 1.82) is 0 Å². The summed E-state index contributed by atoms with van der Waals surface area (Å²) < 4.78 is 4.65. The number of carbonyl (C=O) groups is 2. The number of Topliss-reactive ketones (excluding diaryl/α,β-unsaturated/α-hetero) is 1. The van der Waals surface area contributed by atoms with Crippen molar-refractivity contribution < 1.29 is 14.3 Å². The first kappa shape index (κ1) is 17.4. The van der Waals surface area contributed by atoms with Crippen LogP contribution in [0.2, 0.25) is 0 Å². The molecule has 4 heteroatoms. The minimum atomic E-state index is -0.370. The number of esters is 1. The van der Waals surface area contributed by atoms with Gasteiger partial charge in [0, 0.05) is 18.0 Å². The zero-order chi connectivity index (χ0) is 16.0. The summed E-state index contributed by atoms with van der Waals surface area (Å²) in [6, 6.07) is 5.60. The summed E-state index contributed by atoms with van der Waals surface area (Å²) >= 11 is 0. The van der Waals surface area contributed by atoms with E-state index in [9.17, 15) is 9.59 Å². The van der Waals surface area contributed by atoms with Crippen LogP contribution >= 0.6 is 0 Å². The fourth-order valence-corrected chi connectivity index (χ4v) is 2.33. The number of methoxy groups -OCH3 is 1. The van der Waals surface area contributed by atoms with Crippen LogP contribution in [0.1, 0.15) is 48.2 Å². The Labute approximate surface area is 126 Å². The van der Waals surface area contributed by atoms with Crippen LogP contribution in [-0.2, 0) is 9.53 Å². The molecule has 1 atom stereocenters. The number of ether oxygens (including phenoxy) is 1. The second kappa shape index (κ2) is 7.93. The van der Waals surface area contributed by atoms with E-state index in [-0.39, 0.29) is 30.3 Å². The van der Waals surface area contributed by atoms with E-state index < -0.39 is 0 Å². The molecule has 21 heavy (non-hydrogen) atoms. The number of carbonyl (C=O) groups excluding carboxylic acids is 2. The average molecular weight is 291 g/mol. The van der Waals surface area contributed by atoms with E-state index in [1.807, 2.05) is 45.9 Å². The average Bonchev–Trinajstić information content (AvgIpc) is 2.42. The molecule has 1 unspecified atom stereocenters. The van der Waals surface area contributed by atoms with Crippen LogP contribution in [0.3, 0.4) is 0 Å². The summed E-state index contributed by atoms with van der Waals surface area (Å²) in [6.45, 7) is 7.91. The highest BCUT2D eigenvalue weighted by molar-refractivity contribution is 6.01. The van der Waals surface area contributed by atoms with Gasteiger partial charge >= 0.3 is 5.97 Å². The van der Waals surface area contributed by atoms with Crippen molar-refractivity contribution in [3.8, 4) is 0 Å². The predicted molar refractivity (Wildman–Crippen MR) is 83.6 cm³/mol. The van der Waals surface area contributed by atoms with Crippen molar-refractivity contribution in [1.82, 2.24) is 5.32 Å². The van der Waals surface area contributed by atoms with E-state index in [2.05, 4.69) is 10.1 Å². The number of hydrogen-bond donors (Lipinski definition) is 1. The number of nitrogens with one attached hydrogen (secondary N) is 1. The summed E-state index contributed by atoms with van der Waals surface area (Å²) in [7, 11) is 1.36. The lowest BCUT2D eigenvalue weighted by atomic mass is 9.95. The number of rotatable bonds is 7. The zero-order valence-corrected chi connectivity index (χ0v) is 13.5. The number of benzene rings is 1. The van der Waals surface area contributed by atoms with Crippen molar-refractivity contribution in [2.75, 3.05) is 7.11 Å². The van der Waals surface area contributed by atoms with Gasteiger partial charge in [0.05, 0.1) is 13.2 Å². The molecule has 0 spiro atoms. The van der Waals surface area contributed by atoms with Crippen molar-refractivity contribution in [3.63, 3.8) is 0 Å². The van der Waals surface area contributed by atoms with Crippen molar-refractivity contribution >= 4 is 11.8 Å². The van der Waals surface area contributed by atoms with Crippen LogP contribution < -0.4 is 5.32 Å². The molecule has 1 aromatic carbocycles. The van der Waals surface area contributed by atoms with Gasteiger partial charge in [-0.3, -0.25) is 9.59 Å². The predicted octanol–water partition coefficient (Wildman–Crippen LogP) is 2.81. The van der Waals surface area contributed by atoms with E-state index in [1.54, 1.807) is 0 Å². The summed E-state index contributed by atoms with van der Waals surface area (Å²) in [5, 5.41) is 3.24. The van der Waals surface area contributed by atoms with E-state index in [0.717, 1.165) is 11.1 Å².